The van der Waals surface area contributed by atoms with Gasteiger partial charge in [0.05, 0.1) is 32.5 Å². The fourth-order valence-corrected chi connectivity index (χ4v) is 7.88. The quantitative estimate of drug-likeness (QED) is 0.0369. The van der Waals surface area contributed by atoms with Crippen molar-refractivity contribution < 1.29 is 82.9 Å². The Morgan fingerprint density at radius 3 is 1.14 bits per heavy atom. The average molecular weight is 863 g/mol. The van der Waals surface area contributed by atoms with Gasteiger partial charge in [0.2, 0.25) is 0 Å². The second-order valence-electron chi connectivity index (χ2n) is 11.8. The molecule has 8 N–H and O–H groups in total. The third-order valence-corrected chi connectivity index (χ3v) is 11.7. The molecule has 0 spiro atoms. The standard InChI is InChI=1S/C34H26N6O12S4.Na.H/c35-29-11-13-31(27-17-23(53(41,42)43)7-9-25(27)29)39-37-21-5-3-19(33(15-21)55(47,48)49)1-2-20-4-6-22(16-34(20)56(50,51)52)38-40-32-14-12-30(36)26-10-8-24(18-28(26)32)54(44,45)46;;/h1-18H,35-36H2,(H,41,42,43)(H,44,45,46)(H,47,48,49)(H,50,51,52);;/q;+1;-1/b2-1+,39-37?,40-38?;;. The number of nitrogens with zero attached hydrogens (tertiary/aromatic N) is 4. The van der Waals surface area contributed by atoms with Crippen LogP contribution in [0, 0.1) is 0 Å². The minimum atomic E-state index is -4.93. The average Bonchev–Trinajstić information content (AvgIpc) is 3.12. The van der Waals surface area contributed by atoms with Gasteiger partial charge in [-0.05, 0) is 83.9 Å². The predicted octanol–water partition coefficient (Wildman–Crippen LogP) is 4.26. The SMILES string of the molecule is Nc1ccc(N=Nc2ccc(/C=C/c3ccc(N=Nc4ccc(N)c5ccc(S(=O)(=O)O)cc45)cc3S(=O)(=O)O)c(S(=O)(=O)O)c2)c2cc(S(=O)(=O)O)ccc12.[H-].[Na+]. The van der Waals surface area contributed by atoms with Crippen LogP contribution >= 0.6 is 0 Å². The molecule has 290 valence electrons. The van der Waals surface area contributed by atoms with E-state index in [1.165, 1.54) is 60.7 Å². The van der Waals surface area contributed by atoms with E-state index in [4.69, 9.17) is 11.5 Å². The third-order valence-electron chi connectivity index (χ3n) is 8.13. The number of benzene rings is 6. The summed E-state index contributed by atoms with van der Waals surface area (Å²) >= 11 is 0. The van der Waals surface area contributed by atoms with Crippen molar-refractivity contribution in [2.45, 2.75) is 19.6 Å². The fraction of sp³-hybridized carbons (Fsp3) is 0. The Hall–Kier alpha value is -4.98. The maximum absolute atomic E-state index is 12.4. The summed E-state index contributed by atoms with van der Waals surface area (Å²) in [6, 6.07) is 20.1. The number of hydrogen-bond donors (Lipinski definition) is 6. The van der Waals surface area contributed by atoms with Crippen molar-refractivity contribution >= 4 is 108 Å². The van der Waals surface area contributed by atoms with Crippen molar-refractivity contribution in [1.82, 2.24) is 0 Å². The normalized spacial score (nSPS) is 12.9. The van der Waals surface area contributed by atoms with Crippen LogP contribution in [-0.4, -0.2) is 51.9 Å². The summed E-state index contributed by atoms with van der Waals surface area (Å²) in [5, 5.41) is 17.4. The molecule has 23 heteroatoms. The summed E-state index contributed by atoms with van der Waals surface area (Å²) in [7, 11) is -19.0. The first-order valence-corrected chi connectivity index (χ1v) is 21.2. The van der Waals surface area contributed by atoms with Crippen LogP contribution in [0.15, 0.2) is 137 Å². The molecule has 0 aromatic heterocycles. The van der Waals surface area contributed by atoms with Gasteiger partial charge in [0, 0.05) is 32.9 Å². The van der Waals surface area contributed by atoms with E-state index in [0.29, 0.717) is 10.8 Å². The van der Waals surface area contributed by atoms with Crippen molar-refractivity contribution in [2.75, 3.05) is 11.5 Å². The van der Waals surface area contributed by atoms with Crippen LogP contribution in [0.5, 0.6) is 0 Å². The van der Waals surface area contributed by atoms with Gasteiger partial charge in [0.1, 0.15) is 9.79 Å². The molecule has 18 nitrogen and oxygen atoms in total. The maximum Gasteiger partial charge on any atom is 1.00 e. The van der Waals surface area contributed by atoms with Gasteiger partial charge < -0.3 is 12.9 Å². The first kappa shape index (κ1) is 43.1. The first-order valence-electron chi connectivity index (χ1n) is 15.4. The van der Waals surface area contributed by atoms with Crippen molar-refractivity contribution in [3.8, 4) is 0 Å². The summed E-state index contributed by atoms with van der Waals surface area (Å²) in [6.45, 7) is 0. The van der Waals surface area contributed by atoms with Gasteiger partial charge in [-0.1, -0.05) is 36.4 Å². The smallest absolute Gasteiger partial charge is 1.00 e. The number of anilines is 2. The van der Waals surface area contributed by atoms with Crippen molar-refractivity contribution in [3.05, 3.63) is 108 Å². The van der Waals surface area contributed by atoms with Crippen LogP contribution in [-0.2, 0) is 40.5 Å². The van der Waals surface area contributed by atoms with Crippen LogP contribution in [0.1, 0.15) is 12.6 Å². The molecule has 0 amide bonds. The second kappa shape index (κ2) is 16.1. The molecule has 0 saturated carbocycles. The number of rotatable bonds is 10. The first-order chi connectivity index (χ1) is 26.1. The number of fused-ring (bicyclic) bond motifs is 2. The Balaban J connectivity index is 0.00000372. The zero-order valence-corrected chi connectivity index (χ0v) is 34.3. The summed E-state index contributed by atoms with van der Waals surface area (Å²) in [5.41, 5.74) is 12.3. The Kier molecular flexibility index (Phi) is 12.2. The molecule has 0 atom stereocenters. The predicted molar refractivity (Wildman–Crippen MR) is 207 cm³/mol. The number of azo groups is 2. The van der Waals surface area contributed by atoms with E-state index < -0.39 is 60.1 Å². The molecule has 6 aromatic carbocycles. The summed E-state index contributed by atoms with van der Waals surface area (Å²) in [6.07, 6.45) is 2.29. The van der Waals surface area contributed by atoms with Crippen LogP contribution in [0.25, 0.3) is 33.7 Å². The molecule has 57 heavy (non-hydrogen) atoms. The number of nitrogen functional groups attached to an aromatic ring is 2. The molecular weight excluding hydrogens is 836 g/mol. The second-order valence-corrected chi connectivity index (χ2v) is 17.5. The zero-order valence-electron chi connectivity index (χ0n) is 30.0. The van der Waals surface area contributed by atoms with Gasteiger partial charge in [0.15, 0.2) is 0 Å². The molecule has 0 fully saturated rings. The Morgan fingerprint density at radius 2 is 0.807 bits per heavy atom. The molecule has 0 radical (unpaired) electrons. The van der Waals surface area contributed by atoms with Gasteiger partial charge in [-0.2, -0.15) is 43.9 Å². The summed E-state index contributed by atoms with van der Waals surface area (Å²) in [4.78, 5) is -2.18. The fourth-order valence-electron chi connectivity index (χ4n) is 5.46. The molecule has 0 aliphatic rings. The van der Waals surface area contributed by atoms with E-state index in [2.05, 4.69) is 20.5 Å². The number of nitrogens with two attached hydrogens (primary N) is 2. The van der Waals surface area contributed by atoms with Gasteiger partial charge >= 0.3 is 29.6 Å². The van der Waals surface area contributed by atoms with Crippen molar-refractivity contribution in [3.63, 3.8) is 0 Å². The van der Waals surface area contributed by atoms with E-state index in [-0.39, 0.29) is 87.0 Å². The molecule has 0 bridgehead atoms. The summed E-state index contributed by atoms with van der Waals surface area (Å²) in [5.74, 6) is 0. The van der Waals surface area contributed by atoms with E-state index in [1.807, 2.05) is 0 Å². The molecule has 6 rings (SSSR count). The topological polar surface area (TPSA) is 319 Å². The van der Waals surface area contributed by atoms with E-state index in [9.17, 15) is 51.9 Å². The Bertz CT molecular complexity index is 2970. The monoisotopic (exact) mass is 862 g/mol. The molecular formula is C34H27N6NaO12S4. The molecule has 0 saturated heterocycles. The Labute approximate surface area is 348 Å². The van der Waals surface area contributed by atoms with Gasteiger partial charge in [-0.15, -0.1) is 10.2 Å². The minimum Gasteiger partial charge on any atom is -1.00 e. The zero-order chi connectivity index (χ0) is 40.8. The van der Waals surface area contributed by atoms with E-state index >= 15 is 0 Å². The van der Waals surface area contributed by atoms with Crippen molar-refractivity contribution in [2.24, 2.45) is 20.5 Å². The molecule has 0 aliphatic heterocycles. The largest absolute Gasteiger partial charge is 1.00 e. The Morgan fingerprint density at radius 1 is 0.439 bits per heavy atom. The summed E-state index contributed by atoms with van der Waals surface area (Å²) < 4.78 is 135. The van der Waals surface area contributed by atoms with Crippen LogP contribution in [0.3, 0.4) is 0 Å². The minimum absolute atomic E-state index is 0. The molecule has 0 aliphatic carbocycles. The van der Waals surface area contributed by atoms with Crippen LogP contribution < -0.4 is 41.0 Å². The van der Waals surface area contributed by atoms with E-state index in [0.717, 1.165) is 48.6 Å². The maximum atomic E-state index is 12.4. The number of hydrogen-bond acceptors (Lipinski definition) is 14. The third kappa shape index (κ3) is 9.77. The van der Waals surface area contributed by atoms with Crippen LogP contribution in [0.2, 0.25) is 0 Å². The van der Waals surface area contributed by atoms with Gasteiger partial charge in [-0.25, -0.2) is 0 Å². The van der Waals surface area contributed by atoms with Crippen LogP contribution in [0.4, 0.5) is 34.1 Å². The van der Waals surface area contributed by atoms with Gasteiger partial charge in [0.25, 0.3) is 40.5 Å². The van der Waals surface area contributed by atoms with E-state index in [1.54, 1.807) is 0 Å². The molecule has 0 heterocycles. The molecule has 0 unspecified atom stereocenters. The molecule has 6 aromatic rings. The van der Waals surface area contributed by atoms with Crippen molar-refractivity contribution in [1.29, 1.82) is 0 Å². The van der Waals surface area contributed by atoms with Gasteiger partial charge in [-0.3, -0.25) is 18.2 Å².